The van der Waals surface area contributed by atoms with Crippen molar-refractivity contribution in [2.75, 3.05) is 26.2 Å². The number of benzene rings is 1. The van der Waals surface area contributed by atoms with E-state index in [0.717, 1.165) is 19.5 Å². The van der Waals surface area contributed by atoms with E-state index in [1.807, 2.05) is 0 Å². The fourth-order valence-corrected chi connectivity index (χ4v) is 4.25. The van der Waals surface area contributed by atoms with Gasteiger partial charge in [-0.3, -0.25) is 4.90 Å². The van der Waals surface area contributed by atoms with Crippen LogP contribution in [-0.2, 0) is 6.18 Å². The monoisotopic (exact) mass is 391 g/mol. The summed E-state index contributed by atoms with van der Waals surface area (Å²) in [5, 5.41) is 0. The van der Waals surface area contributed by atoms with Crippen LogP contribution in [0, 0.1) is 11.8 Å². The standard InChI is InChI=1S/C20H20F3N3O2/c21-20(22,23)19-24-15-5-6-16-18(17(15)25-19)28-14(11-27-16)10-26-8-7-12-3-1-2-4-13(12)9-26/h1-6,12-14H,7-11H2,(H,24,25). The number of alkyl halides is 3. The molecule has 0 saturated carbocycles. The van der Waals surface area contributed by atoms with Crippen LogP contribution in [0.2, 0.25) is 0 Å². The van der Waals surface area contributed by atoms with E-state index >= 15 is 0 Å². The molecule has 3 aliphatic rings. The first-order valence-corrected chi connectivity index (χ1v) is 9.44. The third-order valence-electron chi connectivity index (χ3n) is 5.64. The number of halogens is 3. The number of allylic oxidation sites excluding steroid dienone is 3. The molecular formula is C20H20F3N3O2. The molecule has 2 aliphatic heterocycles. The number of hydrogen-bond donors (Lipinski definition) is 1. The molecule has 148 valence electrons. The van der Waals surface area contributed by atoms with E-state index in [9.17, 15) is 13.2 Å². The number of ether oxygens (including phenoxy) is 2. The van der Waals surface area contributed by atoms with Crippen LogP contribution < -0.4 is 9.47 Å². The van der Waals surface area contributed by atoms with Gasteiger partial charge in [-0.2, -0.15) is 13.2 Å². The summed E-state index contributed by atoms with van der Waals surface area (Å²) in [4.78, 5) is 8.38. The van der Waals surface area contributed by atoms with Crippen molar-refractivity contribution in [1.29, 1.82) is 0 Å². The van der Waals surface area contributed by atoms with E-state index in [0.29, 0.717) is 30.7 Å². The topological polar surface area (TPSA) is 50.4 Å². The number of H-pyrrole nitrogens is 1. The lowest BCUT2D eigenvalue weighted by molar-refractivity contribution is -0.144. The lowest BCUT2D eigenvalue weighted by Gasteiger charge is -2.39. The number of piperidine rings is 1. The molecule has 0 radical (unpaired) electrons. The van der Waals surface area contributed by atoms with Crippen molar-refractivity contribution in [3.63, 3.8) is 0 Å². The largest absolute Gasteiger partial charge is 0.486 e. The van der Waals surface area contributed by atoms with Crippen molar-refractivity contribution in [2.24, 2.45) is 11.8 Å². The van der Waals surface area contributed by atoms with Gasteiger partial charge >= 0.3 is 6.18 Å². The maximum Gasteiger partial charge on any atom is 0.449 e. The molecule has 3 atom stereocenters. The minimum Gasteiger partial charge on any atom is -0.486 e. The highest BCUT2D eigenvalue weighted by molar-refractivity contribution is 5.85. The van der Waals surface area contributed by atoms with Crippen LogP contribution in [0.25, 0.3) is 11.0 Å². The Labute approximate surface area is 159 Å². The highest BCUT2D eigenvalue weighted by Gasteiger charge is 2.36. The van der Waals surface area contributed by atoms with Gasteiger partial charge in [0.15, 0.2) is 11.5 Å². The number of fused-ring (bicyclic) bond motifs is 4. The van der Waals surface area contributed by atoms with Gasteiger partial charge < -0.3 is 14.5 Å². The van der Waals surface area contributed by atoms with Crippen molar-refractivity contribution < 1.29 is 22.6 Å². The Morgan fingerprint density at radius 1 is 1.18 bits per heavy atom. The molecule has 1 aliphatic carbocycles. The van der Waals surface area contributed by atoms with Crippen molar-refractivity contribution in [3.8, 4) is 11.5 Å². The molecule has 1 aromatic heterocycles. The number of hydrogen-bond acceptors (Lipinski definition) is 4. The molecule has 5 rings (SSSR count). The molecule has 5 nitrogen and oxygen atoms in total. The summed E-state index contributed by atoms with van der Waals surface area (Å²) in [6.07, 6.45) is 5.02. The maximum absolute atomic E-state index is 13.0. The van der Waals surface area contributed by atoms with Crippen molar-refractivity contribution in [1.82, 2.24) is 14.9 Å². The number of rotatable bonds is 2. The fraction of sp³-hybridized carbons (Fsp3) is 0.450. The molecule has 3 heterocycles. The van der Waals surface area contributed by atoms with E-state index in [1.165, 1.54) is 6.07 Å². The Balaban J connectivity index is 1.34. The Morgan fingerprint density at radius 2 is 2.00 bits per heavy atom. The number of aromatic nitrogens is 2. The highest BCUT2D eigenvalue weighted by atomic mass is 19.4. The summed E-state index contributed by atoms with van der Waals surface area (Å²) in [6, 6.07) is 3.16. The minimum absolute atomic E-state index is 0.161. The second-order valence-corrected chi connectivity index (χ2v) is 7.57. The highest BCUT2D eigenvalue weighted by Crippen LogP contribution is 2.40. The number of imidazole rings is 1. The zero-order chi connectivity index (χ0) is 19.3. The predicted molar refractivity (Wildman–Crippen MR) is 97.3 cm³/mol. The van der Waals surface area contributed by atoms with Gasteiger partial charge in [0, 0.05) is 13.1 Å². The first-order valence-electron chi connectivity index (χ1n) is 9.44. The molecular weight excluding hydrogens is 371 g/mol. The quantitative estimate of drug-likeness (QED) is 0.847. The zero-order valence-electron chi connectivity index (χ0n) is 15.1. The average Bonchev–Trinajstić information content (AvgIpc) is 3.13. The Bertz CT molecular complexity index is 950. The van der Waals surface area contributed by atoms with Crippen LogP contribution in [0.4, 0.5) is 13.2 Å². The number of nitrogens with zero attached hydrogens (tertiary/aromatic N) is 2. The molecule has 0 spiro atoms. The van der Waals surface area contributed by atoms with Gasteiger partial charge in [-0.05, 0) is 36.9 Å². The van der Waals surface area contributed by atoms with Crippen LogP contribution >= 0.6 is 0 Å². The SMILES string of the molecule is FC(F)(F)c1nc2c3c(ccc2[nH]1)OCC(CN1CCC2C=CC=CC2C1)O3. The molecule has 8 heteroatoms. The summed E-state index contributed by atoms with van der Waals surface area (Å²) in [5.74, 6) is 0.789. The molecule has 1 aromatic carbocycles. The summed E-state index contributed by atoms with van der Waals surface area (Å²) < 4.78 is 50.8. The Morgan fingerprint density at radius 3 is 2.82 bits per heavy atom. The zero-order valence-corrected chi connectivity index (χ0v) is 15.1. The van der Waals surface area contributed by atoms with Crippen LogP contribution in [0.1, 0.15) is 12.2 Å². The second kappa shape index (κ2) is 6.55. The van der Waals surface area contributed by atoms with Gasteiger partial charge in [-0.1, -0.05) is 24.3 Å². The van der Waals surface area contributed by atoms with Gasteiger partial charge in [0.25, 0.3) is 0 Å². The predicted octanol–water partition coefficient (Wildman–Crippen LogP) is 3.79. The second-order valence-electron chi connectivity index (χ2n) is 7.57. The van der Waals surface area contributed by atoms with Gasteiger partial charge in [0.1, 0.15) is 18.2 Å². The van der Waals surface area contributed by atoms with Crippen molar-refractivity contribution in [3.05, 3.63) is 42.3 Å². The fourth-order valence-electron chi connectivity index (χ4n) is 4.25. The van der Waals surface area contributed by atoms with Crippen molar-refractivity contribution >= 4 is 11.0 Å². The van der Waals surface area contributed by atoms with Gasteiger partial charge in [-0.25, -0.2) is 4.98 Å². The smallest absolute Gasteiger partial charge is 0.449 e. The van der Waals surface area contributed by atoms with E-state index < -0.39 is 12.0 Å². The minimum atomic E-state index is -4.53. The first-order chi connectivity index (χ1) is 13.5. The van der Waals surface area contributed by atoms with Crippen LogP contribution in [0.5, 0.6) is 11.5 Å². The van der Waals surface area contributed by atoms with Gasteiger partial charge in [0.05, 0.1) is 5.52 Å². The number of likely N-dealkylation sites (tertiary alicyclic amines) is 1. The van der Waals surface area contributed by atoms with E-state index in [4.69, 9.17) is 9.47 Å². The van der Waals surface area contributed by atoms with E-state index in [2.05, 4.69) is 39.2 Å². The van der Waals surface area contributed by atoms with Gasteiger partial charge in [0.2, 0.25) is 5.82 Å². The van der Waals surface area contributed by atoms with E-state index in [-0.39, 0.29) is 22.9 Å². The third-order valence-corrected chi connectivity index (χ3v) is 5.64. The van der Waals surface area contributed by atoms with E-state index in [1.54, 1.807) is 6.07 Å². The molecule has 0 amide bonds. The summed E-state index contributed by atoms with van der Waals surface area (Å²) in [6.45, 7) is 2.96. The third kappa shape index (κ3) is 3.15. The summed E-state index contributed by atoms with van der Waals surface area (Å²) in [5.41, 5.74) is 0.448. The number of aromatic amines is 1. The molecule has 3 unspecified atom stereocenters. The first kappa shape index (κ1) is 17.6. The molecule has 0 bridgehead atoms. The van der Waals surface area contributed by atoms with Crippen LogP contribution in [0.15, 0.2) is 36.4 Å². The van der Waals surface area contributed by atoms with Gasteiger partial charge in [-0.15, -0.1) is 0 Å². The molecule has 1 fully saturated rings. The molecule has 2 aromatic rings. The average molecular weight is 391 g/mol. The molecule has 28 heavy (non-hydrogen) atoms. The number of nitrogens with one attached hydrogen (secondary N) is 1. The lowest BCUT2D eigenvalue weighted by atomic mass is 9.82. The molecule has 1 N–H and O–H groups in total. The Kier molecular flexibility index (Phi) is 4.12. The van der Waals surface area contributed by atoms with Crippen LogP contribution in [0.3, 0.4) is 0 Å². The normalized spacial score (nSPS) is 27.2. The Hall–Kier alpha value is -2.48. The van der Waals surface area contributed by atoms with Crippen LogP contribution in [-0.4, -0.2) is 47.2 Å². The van der Waals surface area contributed by atoms with Crippen molar-refractivity contribution in [2.45, 2.75) is 18.7 Å². The maximum atomic E-state index is 13.0. The molecule has 1 saturated heterocycles. The lowest BCUT2D eigenvalue weighted by Crippen LogP contribution is -2.46. The summed E-state index contributed by atoms with van der Waals surface area (Å²) in [7, 11) is 0. The summed E-state index contributed by atoms with van der Waals surface area (Å²) >= 11 is 0.